The Morgan fingerprint density at radius 3 is 2.59 bits per heavy atom. The van der Waals surface area contributed by atoms with E-state index in [-0.39, 0.29) is 11.3 Å². The first-order valence-electron chi connectivity index (χ1n) is 13.3. The molecular formula is C32H32N2O4S. The number of fused-ring (bicyclic) bond motifs is 4. The van der Waals surface area contributed by atoms with Gasteiger partial charge in [-0.1, -0.05) is 63.2 Å². The van der Waals surface area contributed by atoms with Gasteiger partial charge in [0.25, 0.3) is 5.91 Å². The number of carbonyl (C=O) groups is 2. The van der Waals surface area contributed by atoms with Gasteiger partial charge in [-0.3, -0.25) is 4.79 Å². The molecule has 6 nitrogen and oxygen atoms in total. The van der Waals surface area contributed by atoms with Crippen LogP contribution in [0.5, 0.6) is 11.5 Å². The van der Waals surface area contributed by atoms with Crippen LogP contribution in [0.3, 0.4) is 0 Å². The number of hydrogen-bond acceptors (Lipinski definition) is 6. The number of ether oxygens (including phenoxy) is 2. The molecule has 6 rings (SSSR count). The maximum Gasteiger partial charge on any atom is 0.344 e. The zero-order chi connectivity index (χ0) is 27.3. The van der Waals surface area contributed by atoms with Crippen LogP contribution in [0.4, 0.5) is 5.00 Å². The molecule has 3 aromatic carbocycles. The average molecular weight is 541 g/mol. The summed E-state index contributed by atoms with van der Waals surface area (Å²) in [4.78, 5) is 27.7. The summed E-state index contributed by atoms with van der Waals surface area (Å²) in [5.41, 5.74) is 3.55. The van der Waals surface area contributed by atoms with Crippen molar-refractivity contribution in [2.45, 2.75) is 46.2 Å². The van der Waals surface area contributed by atoms with E-state index >= 15 is 0 Å². The molecule has 0 fully saturated rings. The van der Waals surface area contributed by atoms with Gasteiger partial charge in [0.2, 0.25) is 0 Å². The van der Waals surface area contributed by atoms with E-state index in [1.807, 2.05) is 42.5 Å². The Morgan fingerprint density at radius 1 is 1.00 bits per heavy atom. The van der Waals surface area contributed by atoms with Gasteiger partial charge in [-0.2, -0.15) is 0 Å². The van der Waals surface area contributed by atoms with Crippen molar-refractivity contribution in [1.82, 2.24) is 5.32 Å². The highest BCUT2D eigenvalue weighted by Crippen LogP contribution is 2.46. The molecule has 1 aromatic heterocycles. The lowest BCUT2D eigenvalue weighted by molar-refractivity contribution is 0.0731. The molecule has 0 saturated heterocycles. The first-order chi connectivity index (χ1) is 18.7. The van der Waals surface area contributed by atoms with Gasteiger partial charge in [-0.15, -0.1) is 11.3 Å². The van der Waals surface area contributed by atoms with E-state index in [2.05, 4.69) is 31.4 Å². The number of thiophene rings is 1. The summed E-state index contributed by atoms with van der Waals surface area (Å²) >= 11 is 1.71. The number of hydrogen-bond donors (Lipinski definition) is 2. The third-order valence-electron chi connectivity index (χ3n) is 8.00. The molecule has 1 aliphatic carbocycles. The topological polar surface area (TPSA) is 76.7 Å². The maximum atomic E-state index is 13.3. The van der Waals surface area contributed by atoms with Crippen molar-refractivity contribution in [2.75, 3.05) is 12.4 Å². The highest BCUT2D eigenvalue weighted by molar-refractivity contribution is 7.16. The standard InChI is InChI=1S/C32H32N2O4S/c1-32(2,3)20-13-14-23-26(17-20)39-30-27(23)29(35)33-28(34-30)19-12-15-24(25(16-19)37-4)38-31(36)22-11-7-9-18-8-5-6-10-21(18)22/h5-12,15-16,20,28,34H,13-14,17H2,1-4H3,(H,33,35)/t20-,28+/m1/s1. The molecule has 1 aliphatic heterocycles. The normalized spacial score (nSPS) is 18.5. The van der Waals surface area contributed by atoms with Crippen LogP contribution >= 0.6 is 11.3 Å². The number of rotatable bonds is 4. The molecule has 2 heterocycles. The smallest absolute Gasteiger partial charge is 0.344 e. The molecule has 0 spiro atoms. The third-order valence-corrected chi connectivity index (χ3v) is 9.19. The second kappa shape index (κ2) is 9.72. The Bertz CT molecular complexity index is 1590. The summed E-state index contributed by atoms with van der Waals surface area (Å²) in [6.45, 7) is 6.90. The predicted octanol–water partition coefficient (Wildman–Crippen LogP) is 7.13. The molecule has 4 aromatic rings. The zero-order valence-corrected chi connectivity index (χ0v) is 23.4. The van der Waals surface area contributed by atoms with E-state index < -0.39 is 12.1 Å². The number of amides is 1. The molecule has 2 N–H and O–H groups in total. The third kappa shape index (κ3) is 4.65. The average Bonchev–Trinajstić information content (AvgIpc) is 3.30. The van der Waals surface area contributed by atoms with Gasteiger partial charge in [0.05, 0.1) is 18.2 Å². The van der Waals surface area contributed by atoms with Crippen molar-refractivity contribution in [3.05, 3.63) is 87.8 Å². The molecule has 0 bridgehead atoms. The first kappa shape index (κ1) is 25.4. The minimum absolute atomic E-state index is 0.0501. The summed E-state index contributed by atoms with van der Waals surface area (Å²) in [6.07, 6.45) is 2.64. The number of esters is 1. The van der Waals surface area contributed by atoms with Crippen molar-refractivity contribution < 1.29 is 19.1 Å². The highest BCUT2D eigenvalue weighted by atomic mass is 32.1. The lowest BCUT2D eigenvalue weighted by atomic mass is 9.72. The van der Waals surface area contributed by atoms with Crippen molar-refractivity contribution >= 4 is 39.0 Å². The maximum absolute atomic E-state index is 13.3. The second-order valence-electron chi connectivity index (χ2n) is 11.4. The van der Waals surface area contributed by atoms with Crippen LogP contribution in [0.1, 0.15) is 70.1 Å². The first-order valence-corrected chi connectivity index (χ1v) is 14.1. The summed E-state index contributed by atoms with van der Waals surface area (Å²) in [5.74, 6) is 0.843. The van der Waals surface area contributed by atoms with Crippen LogP contribution in [0.25, 0.3) is 10.8 Å². The van der Waals surface area contributed by atoms with E-state index in [9.17, 15) is 9.59 Å². The fraction of sp³-hybridized carbons (Fsp3) is 0.312. The summed E-state index contributed by atoms with van der Waals surface area (Å²) < 4.78 is 11.4. The highest BCUT2D eigenvalue weighted by Gasteiger charge is 2.36. The fourth-order valence-electron chi connectivity index (χ4n) is 5.71. The molecular weight excluding hydrogens is 508 g/mol. The Labute approximate surface area is 232 Å². The predicted molar refractivity (Wildman–Crippen MR) is 155 cm³/mol. The fourth-order valence-corrected chi connectivity index (χ4v) is 7.06. The lowest BCUT2D eigenvalue weighted by Crippen LogP contribution is -2.38. The zero-order valence-electron chi connectivity index (χ0n) is 22.6. The minimum Gasteiger partial charge on any atom is -0.493 e. The molecule has 7 heteroatoms. The van der Waals surface area contributed by atoms with E-state index in [4.69, 9.17) is 9.47 Å². The van der Waals surface area contributed by atoms with Crippen LogP contribution < -0.4 is 20.1 Å². The largest absolute Gasteiger partial charge is 0.493 e. The van der Waals surface area contributed by atoms with Gasteiger partial charge in [0, 0.05) is 4.88 Å². The Balaban J connectivity index is 1.24. The van der Waals surface area contributed by atoms with Crippen LogP contribution in [-0.4, -0.2) is 19.0 Å². The Kier molecular flexibility index (Phi) is 6.34. The quantitative estimate of drug-likeness (QED) is 0.213. The van der Waals surface area contributed by atoms with Crippen molar-refractivity contribution in [3.8, 4) is 11.5 Å². The van der Waals surface area contributed by atoms with E-state index in [1.54, 1.807) is 29.5 Å². The SMILES string of the molecule is COc1cc([C@H]2NC(=O)c3c(sc4c3CC[C@@H](C(C)(C)C)C4)N2)ccc1OC(=O)c1cccc2ccccc12. The van der Waals surface area contributed by atoms with Crippen LogP contribution in [0, 0.1) is 11.3 Å². The van der Waals surface area contributed by atoms with Crippen molar-refractivity contribution in [3.63, 3.8) is 0 Å². The Morgan fingerprint density at radius 2 is 1.79 bits per heavy atom. The van der Waals surface area contributed by atoms with Crippen molar-refractivity contribution in [1.29, 1.82) is 0 Å². The molecule has 1 amide bonds. The number of anilines is 1. The molecule has 200 valence electrons. The van der Waals surface area contributed by atoms with E-state index in [0.717, 1.165) is 46.2 Å². The summed E-state index contributed by atoms with van der Waals surface area (Å²) in [6, 6.07) is 18.6. The van der Waals surface area contributed by atoms with E-state index in [1.165, 1.54) is 17.6 Å². The van der Waals surface area contributed by atoms with Crippen LogP contribution in [0.15, 0.2) is 60.7 Å². The molecule has 0 saturated carbocycles. The summed E-state index contributed by atoms with van der Waals surface area (Å²) in [7, 11) is 1.54. The molecule has 0 radical (unpaired) electrons. The number of benzene rings is 3. The van der Waals surface area contributed by atoms with Gasteiger partial charge in [0.15, 0.2) is 11.5 Å². The number of carbonyl (C=O) groups excluding carboxylic acids is 2. The van der Waals surface area contributed by atoms with Crippen LogP contribution in [-0.2, 0) is 12.8 Å². The van der Waals surface area contributed by atoms with Gasteiger partial charge in [-0.25, -0.2) is 4.79 Å². The lowest BCUT2D eigenvalue weighted by Gasteiger charge is -2.34. The number of methoxy groups -OCH3 is 1. The van der Waals surface area contributed by atoms with Gasteiger partial charge >= 0.3 is 5.97 Å². The summed E-state index contributed by atoms with van der Waals surface area (Å²) in [5, 5.41) is 9.38. The van der Waals surface area contributed by atoms with Gasteiger partial charge in [0.1, 0.15) is 11.2 Å². The van der Waals surface area contributed by atoms with Crippen LogP contribution in [0.2, 0.25) is 0 Å². The number of nitrogens with one attached hydrogen (secondary N) is 2. The molecule has 39 heavy (non-hydrogen) atoms. The monoisotopic (exact) mass is 540 g/mol. The minimum atomic E-state index is -0.454. The Hall–Kier alpha value is -3.84. The van der Waals surface area contributed by atoms with Crippen molar-refractivity contribution in [2.24, 2.45) is 11.3 Å². The van der Waals surface area contributed by atoms with E-state index in [0.29, 0.717) is 23.0 Å². The molecule has 0 unspecified atom stereocenters. The second-order valence-corrected chi connectivity index (χ2v) is 12.5. The van der Waals surface area contributed by atoms with Gasteiger partial charge in [-0.05, 0) is 70.7 Å². The molecule has 2 atom stereocenters. The molecule has 2 aliphatic rings. The van der Waals surface area contributed by atoms with Gasteiger partial charge < -0.3 is 20.1 Å².